The molecule has 1 N–H and O–H groups in total. The van der Waals surface area contributed by atoms with Crippen molar-refractivity contribution in [2.45, 2.75) is 69.4 Å². The van der Waals surface area contributed by atoms with Gasteiger partial charge in [0.2, 0.25) is 10.0 Å². The van der Waals surface area contributed by atoms with Gasteiger partial charge in [-0.1, -0.05) is 39.2 Å². The molecular formula is C21H29N3O5S. The highest BCUT2D eigenvalue weighted by molar-refractivity contribution is 7.89. The molecule has 1 atom stereocenters. The van der Waals surface area contributed by atoms with Crippen LogP contribution in [0.2, 0.25) is 0 Å². The minimum atomic E-state index is -3.72. The molecule has 0 aliphatic heterocycles. The van der Waals surface area contributed by atoms with E-state index in [9.17, 15) is 23.3 Å². The van der Waals surface area contributed by atoms with Crippen LogP contribution in [0.25, 0.3) is 0 Å². The SMILES string of the molecule is CCN(CC)S(=O)(=O)c1cccc(C(=O)OC(C)C(=O)NC2(C#N)CCCCC2)c1. The number of ether oxygens (including phenoxy) is 1. The van der Waals surface area contributed by atoms with Gasteiger partial charge in [-0.15, -0.1) is 0 Å². The van der Waals surface area contributed by atoms with E-state index >= 15 is 0 Å². The van der Waals surface area contributed by atoms with Gasteiger partial charge in [0.1, 0.15) is 5.54 Å². The van der Waals surface area contributed by atoms with Crippen LogP contribution >= 0.6 is 0 Å². The van der Waals surface area contributed by atoms with Gasteiger partial charge in [-0.3, -0.25) is 4.79 Å². The Morgan fingerprint density at radius 1 is 1.23 bits per heavy atom. The number of hydrogen-bond donors (Lipinski definition) is 1. The molecule has 0 spiro atoms. The van der Waals surface area contributed by atoms with Crippen LogP contribution in [-0.2, 0) is 19.6 Å². The summed E-state index contributed by atoms with van der Waals surface area (Å²) in [6, 6.07) is 7.75. The van der Waals surface area contributed by atoms with Crippen molar-refractivity contribution in [1.29, 1.82) is 5.26 Å². The van der Waals surface area contributed by atoms with E-state index in [1.165, 1.54) is 35.5 Å². The monoisotopic (exact) mass is 435 g/mol. The van der Waals surface area contributed by atoms with Crippen LogP contribution < -0.4 is 5.32 Å². The van der Waals surface area contributed by atoms with Gasteiger partial charge in [0.05, 0.1) is 16.5 Å². The lowest BCUT2D eigenvalue weighted by molar-refractivity contribution is -0.130. The van der Waals surface area contributed by atoms with Gasteiger partial charge >= 0.3 is 5.97 Å². The number of sulfonamides is 1. The Morgan fingerprint density at radius 3 is 2.43 bits per heavy atom. The quantitative estimate of drug-likeness (QED) is 0.627. The highest BCUT2D eigenvalue weighted by atomic mass is 32.2. The maximum atomic E-state index is 12.7. The predicted octanol–water partition coefficient (Wildman–Crippen LogP) is 2.61. The Balaban J connectivity index is 2.10. The third-order valence-electron chi connectivity index (χ3n) is 5.35. The van der Waals surface area contributed by atoms with Crippen LogP contribution in [0, 0.1) is 11.3 Å². The summed E-state index contributed by atoms with van der Waals surface area (Å²) in [7, 11) is -3.72. The normalized spacial score (nSPS) is 17.0. The van der Waals surface area contributed by atoms with Crippen molar-refractivity contribution in [3.63, 3.8) is 0 Å². The number of amides is 1. The van der Waals surface area contributed by atoms with Crippen LogP contribution in [0.15, 0.2) is 29.2 Å². The van der Waals surface area contributed by atoms with E-state index in [2.05, 4.69) is 11.4 Å². The zero-order valence-corrected chi connectivity index (χ0v) is 18.5. The van der Waals surface area contributed by atoms with E-state index < -0.39 is 33.5 Å². The van der Waals surface area contributed by atoms with Crippen molar-refractivity contribution >= 4 is 21.9 Å². The van der Waals surface area contributed by atoms with Crippen LogP contribution in [0.3, 0.4) is 0 Å². The molecule has 0 radical (unpaired) electrons. The van der Waals surface area contributed by atoms with E-state index in [0.29, 0.717) is 25.9 Å². The van der Waals surface area contributed by atoms with Gasteiger partial charge in [0, 0.05) is 13.1 Å². The molecule has 0 saturated heterocycles. The Bertz CT molecular complexity index is 913. The zero-order valence-electron chi connectivity index (χ0n) is 17.7. The predicted molar refractivity (Wildman–Crippen MR) is 111 cm³/mol. The summed E-state index contributed by atoms with van der Waals surface area (Å²) in [6.07, 6.45) is 2.76. The molecule has 0 aromatic heterocycles. The van der Waals surface area contributed by atoms with Gasteiger partial charge in [-0.05, 0) is 38.0 Å². The van der Waals surface area contributed by atoms with E-state index in [1.54, 1.807) is 13.8 Å². The molecule has 0 bridgehead atoms. The number of nitriles is 1. The maximum Gasteiger partial charge on any atom is 0.338 e. The number of nitrogens with zero attached hydrogens (tertiary/aromatic N) is 2. The first kappa shape index (κ1) is 23.8. The number of rotatable bonds is 8. The highest BCUT2D eigenvalue weighted by Crippen LogP contribution is 2.27. The second kappa shape index (κ2) is 10.0. The van der Waals surface area contributed by atoms with Crippen molar-refractivity contribution in [1.82, 2.24) is 9.62 Å². The molecule has 8 nitrogen and oxygen atoms in total. The van der Waals surface area contributed by atoms with Gasteiger partial charge in [-0.2, -0.15) is 9.57 Å². The standard InChI is InChI=1S/C21H29N3O5S/c1-4-24(5-2)30(27,28)18-11-9-10-17(14-18)20(26)29-16(3)19(25)23-21(15-22)12-7-6-8-13-21/h9-11,14,16H,4-8,12-13H2,1-3H3,(H,23,25). The summed E-state index contributed by atoms with van der Waals surface area (Å²) in [5.74, 6) is -1.34. The molecule has 30 heavy (non-hydrogen) atoms. The van der Waals surface area contributed by atoms with Gasteiger partial charge < -0.3 is 10.1 Å². The number of carbonyl (C=O) groups excluding carboxylic acids is 2. The third-order valence-corrected chi connectivity index (χ3v) is 7.40. The van der Waals surface area contributed by atoms with Crippen LogP contribution in [0.4, 0.5) is 0 Å². The smallest absolute Gasteiger partial charge is 0.338 e. The van der Waals surface area contributed by atoms with Crippen molar-refractivity contribution in [2.75, 3.05) is 13.1 Å². The number of esters is 1. The molecule has 164 valence electrons. The topological polar surface area (TPSA) is 117 Å². The molecule has 1 aromatic rings. The summed E-state index contributed by atoms with van der Waals surface area (Å²) >= 11 is 0. The highest BCUT2D eigenvalue weighted by Gasteiger charge is 2.35. The molecule has 1 aliphatic rings. The fourth-order valence-corrected chi connectivity index (χ4v) is 5.04. The van der Waals surface area contributed by atoms with E-state index in [4.69, 9.17) is 4.74 Å². The van der Waals surface area contributed by atoms with E-state index in [1.807, 2.05) is 0 Å². The second-order valence-electron chi connectivity index (χ2n) is 7.41. The molecule has 9 heteroatoms. The molecule has 1 saturated carbocycles. The van der Waals surface area contributed by atoms with Crippen molar-refractivity contribution in [2.24, 2.45) is 0 Å². The maximum absolute atomic E-state index is 12.7. The van der Waals surface area contributed by atoms with Crippen LogP contribution in [-0.4, -0.2) is 49.3 Å². The van der Waals surface area contributed by atoms with Crippen LogP contribution in [0.5, 0.6) is 0 Å². The molecule has 1 aromatic carbocycles. The molecule has 1 unspecified atom stereocenters. The average molecular weight is 436 g/mol. The van der Waals surface area contributed by atoms with E-state index in [0.717, 1.165) is 19.3 Å². The lowest BCUT2D eigenvalue weighted by Crippen LogP contribution is -2.52. The molecule has 1 fully saturated rings. The van der Waals surface area contributed by atoms with Gasteiger partial charge in [0.15, 0.2) is 6.10 Å². The second-order valence-corrected chi connectivity index (χ2v) is 9.35. The lowest BCUT2D eigenvalue weighted by atomic mass is 9.83. The zero-order chi connectivity index (χ0) is 22.4. The number of carbonyl (C=O) groups is 2. The summed E-state index contributed by atoms with van der Waals surface area (Å²) in [5.41, 5.74) is -0.885. The van der Waals surface area contributed by atoms with Crippen LogP contribution in [0.1, 0.15) is 63.2 Å². The van der Waals surface area contributed by atoms with Crippen molar-refractivity contribution < 1.29 is 22.7 Å². The van der Waals surface area contributed by atoms with Gasteiger partial charge in [-0.25, -0.2) is 13.2 Å². The van der Waals surface area contributed by atoms with Crippen molar-refractivity contribution in [3.05, 3.63) is 29.8 Å². The fraction of sp³-hybridized carbons (Fsp3) is 0.571. The minimum absolute atomic E-state index is 0.0107. The Kier molecular flexibility index (Phi) is 7.98. The molecule has 0 heterocycles. The molecule has 1 aliphatic carbocycles. The summed E-state index contributed by atoms with van der Waals surface area (Å²) in [4.78, 5) is 25.0. The van der Waals surface area contributed by atoms with Crippen molar-refractivity contribution in [3.8, 4) is 6.07 Å². The summed E-state index contributed by atoms with van der Waals surface area (Å²) in [6.45, 7) is 5.52. The third kappa shape index (κ3) is 5.37. The Morgan fingerprint density at radius 2 is 1.87 bits per heavy atom. The van der Waals surface area contributed by atoms with Gasteiger partial charge in [0.25, 0.3) is 5.91 Å². The molecule has 1 amide bonds. The summed E-state index contributed by atoms with van der Waals surface area (Å²) in [5, 5.41) is 12.2. The van der Waals surface area contributed by atoms with E-state index in [-0.39, 0.29) is 10.5 Å². The Labute approximate surface area is 178 Å². The first-order chi connectivity index (χ1) is 14.2. The number of nitrogens with one attached hydrogen (secondary N) is 1. The minimum Gasteiger partial charge on any atom is -0.449 e. The fourth-order valence-electron chi connectivity index (χ4n) is 3.54. The number of hydrogen-bond acceptors (Lipinski definition) is 6. The molecular weight excluding hydrogens is 406 g/mol. The first-order valence-electron chi connectivity index (χ1n) is 10.2. The first-order valence-corrected chi connectivity index (χ1v) is 11.7. The molecule has 2 rings (SSSR count). The Hall–Kier alpha value is -2.44. The number of benzene rings is 1. The summed E-state index contributed by atoms with van der Waals surface area (Å²) < 4.78 is 31.9. The average Bonchev–Trinajstić information content (AvgIpc) is 2.75. The lowest BCUT2D eigenvalue weighted by Gasteiger charge is -2.32. The largest absolute Gasteiger partial charge is 0.449 e.